The molecule has 0 aliphatic carbocycles. The summed E-state index contributed by atoms with van der Waals surface area (Å²) in [6, 6.07) is 13.6. The summed E-state index contributed by atoms with van der Waals surface area (Å²) in [5.74, 6) is 0.363. The first-order chi connectivity index (χ1) is 14.4. The Morgan fingerprint density at radius 2 is 1.97 bits per heavy atom. The molecular weight excluding hydrogens is 385 g/mol. The van der Waals surface area contributed by atoms with Crippen LogP contribution in [0.1, 0.15) is 12.0 Å². The monoisotopic (exact) mass is 411 g/mol. The van der Waals surface area contributed by atoms with Crippen molar-refractivity contribution in [2.24, 2.45) is 0 Å². The Kier molecular flexibility index (Phi) is 5.47. The predicted octanol–water partition coefficient (Wildman–Crippen LogP) is 2.33. The number of carbonyl (C=O) groups is 2. The van der Waals surface area contributed by atoms with E-state index in [9.17, 15) is 14.0 Å². The van der Waals surface area contributed by atoms with Crippen LogP contribution in [0.4, 0.5) is 10.1 Å². The third-order valence-electron chi connectivity index (χ3n) is 6.23. The maximum Gasteiger partial charge on any atom is 0.241 e. The molecule has 7 heteroatoms. The van der Waals surface area contributed by atoms with Crippen molar-refractivity contribution in [3.05, 3.63) is 59.9 Å². The minimum atomic E-state index is -0.366. The molecule has 0 N–H and O–H groups in total. The fraction of sp³-hybridized carbons (Fsp3) is 0.391. The van der Waals surface area contributed by atoms with Gasteiger partial charge in [0, 0.05) is 25.3 Å². The van der Waals surface area contributed by atoms with Gasteiger partial charge in [-0.1, -0.05) is 18.2 Å². The quantitative estimate of drug-likeness (QED) is 0.775. The number of hydrogen-bond acceptors (Lipinski definition) is 4. The van der Waals surface area contributed by atoms with Crippen LogP contribution in [0.15, 0.2) is 48.5 Å². The fourth-order valence-electron chi connectivity index (χ4n) is 4.42. The van der Waals surface area contributed by atoms with Crippen LogP contribution in [0.2, 0.25) is 0 Å². The third-order valence-corrected chi connectivity index (χ3v) is 6.23. The smallest absolute Gasteiger partial charge is 0.241 e. The number of amides is 2. The molecule has 2 amide bonds. The van der Waals surface area contributed by atoms with Crippen LogP contribution in [-0.2, 0) is 16.0 Å². The summed E-state index contributed by atoms with van der Waals surface area (Å²) < 4.78 is 19.0. The van der Waals surface area contributed by atoms with E-state index in [0.717, 1.165) is 17.7 Å². The van der Waals surface area contributed by atoms with Crippen molar-refractivity contribution in [1.82, 2.24) is 9.80 Å². The standard InChI is InChI=1S/C23H26FN3O3/c1-25-14-22(29)27(19-7-4-6-18(24)13-19)16-23(25)9-10-26(15-23)21(28)12-17-5-3-8-20(11-17)30-2/h3-8,11,13H,9-10,12,14-16H2,1-2H3/t23-/m0/s1. The second-order valence-electron chi connectivity index (χ2n) is 8.13. The van der Waals surface area contributed by atoms with Gasteiger partial charge in [-0.3, -0.25) is 14.5 Å². The Morgan fingerprint density at radius 3 is 2.73 bits per heavy atom. The third kappa shape index (κ3) is 3.89. The summed E-state index contributed by atoms with van der Waals surface area (Å²) in [6.45, 7) is 1.87. The maximum absolute atomic E-state index is 13.7. The average Bonchev–Trinajstić information content (AvgIpc) is 3.16. The van der Waals surface area contributed by atoms with E-state index in [1.807, 2.05) is 41.1 Å². The van der Waals surface area contributed by atoms with Gasteiger partial charge in [0.15, 0.2) is 0 Å². The van der Waals surface area contributed by atoms with Gasteiger partial charge in [-0.15, -0.1) is 0 Å². The first-order valence-corrected chi connectivity index (χ1v) is 10.1. The molecule has 2 aliphatic rings. The van der Waals surface area contributed by atoms with E-state index in [1.165, 1.54) is 12.1 Å². The number of ether oxygens (including phenoxy) is 1. The van der Waals surface area contributed by atoms with Gasteiger partial charge in [-0.05, 0) is 49.4 Å². The molecule has 158 valence electrons. The molecule has 6 nitrogen and oxygen atoms in total. The normalized spacial score (nSPS) is 22.0. The van der Waals surface area contributed by atoms with Gasteiger partial charge in [0.2, 0.25) is 11.8 Å². The van der Waals surface area contributed by atoms with Crippen LogP contribution in [0.5, 0.6) is 5.75 Å². The molecule has 2 aromatic carbocycles. The van der Waals surface area contributed by atoms with E-state index in [-0.39, 0.29) is 29.7 Å². The summed E-state index contributed by atoms with van der Waals surface area (Å²) in [5, 5.41) is 0. The lowest BCUT2D eigenvalue weighted by Crippen LogP contribution is -2.64. The maximum atomic E-state index is 13.7. The largest absolute Gasteiger partial charge is 0.497 e. The van der Waals surface area contributed by atoms with E-state index in [0.29, 0.717) is 31.7 Å². The summed E-state index contributed by atoms with van der Waals surface area (Å²) in [6.07, 6.45) is 1.08. The van der Waals surface area contributed by atoms with Crippen molar-refractivity contribution >= 4 is 17.5 Å². The minimum Gasteiger partial charge on any atom is -0.497 e. The zero-order valence-electron chi connectivity index (χ0n) is 17.3. The Hall–Kier alpha value is -2.93. The molecule has 2 heterocycles. The molecule has 30 heavy (non-hydrogen) atoms. The lowest BCUT2D eigenvalue weighted by molar-refractivity contribution is -0.130. The Morgan fingerprint density at radius 1 is 1.17 bits per heavy atom. The van der Waals surface area contributed by atoms with Crippen molar-refractivity contribution in [3.8, 4) is 5.75 Å². The zero-order chi connectivity index (χ0) is 21.3. The second kappa shape index (κ2) is 8.07. The van der Waals surface area contributed by atoms with Gasteiger partial charge < -0.3 is 14.5 Å². The van der Waals surface area contributed by atoms with Crippen LogP contribution < -0.4 is 9.64 Å². The number of anilines is 1. The van der Waals surface area contributed by atoms with Crippen LogP contribution >= 0.6 is 0 Å². The number of rotatable bonds is 4. The number of piperazine rings is 1. The van der Waals surface area contributed by atoms with Gasteiger partial charge in [0.1, 0.15) is 11.6 Å². The Balaban J connectivity index is 1.49. The second-order valence-corrected chi connectivity index (χ2v) is 8.13. The lowest BCUT2D eigenvalue weighted by atomic mass is 9.92. The lowest BCUT2D eigenvalue weighted by Gasteiger charge is -2.46. The molecule has 0 bridgehead atoms. The Bertz CT molecular complexity index is 966. The predicted molar refractivity (Wildman–Crippen MR) is 112 cm³/mol. The first-order valence-electron chi connectivity index (χ1n) is 10.1. The molecule has 4 rings (SSSR count). The highest BCUT2D eigenvalue weighted by Gasteiger charge is 2.48. The average molecular weight is 411 g/mol. The van der Waals surface area contributed by atoms with Crippen LogP contribution in [0.3, 0.4) is 0 Å². The number of hydrogen-bond donors (Lipinski definition) is 0. The van der Waals surface area contributed by atoms with Gasteiger partial charge in [-0.2, -0.15) is 0 Å². The van der Waals surface area contributed by atoms with Crippen molar-refractivity contribution in [3.63, 3.8) is 0 Å². The van der Waals surface area contributed by atoms with Crippen LogP contribution in [0, 0.1) is 5.82 Å². The molecule has 2 fully saturated rings. The molecular formula is C23H26FN3O3. The van der Waals surface area contributed by atoms with Crippen molar-refractivity contribution in [2.45, 2.75) is 18.4 Å². The van der Waals surface area contributed by atoms with Gasteiger partial charge in [-0.25, -0.2) is 4.39 Å². The number of methoxy groups -OCH3 is 1. The number of carbonyl (C=O) groups excluding carboxylic acids is 2. The fourth-order valence-corrected chi connectivity index (χ4v) is 4.42. The van der Waals surface area contributed by atoms with Gasteiger partial charge >= 0.3 is 0 Å². The number of likely N-dealkylation sites (N-methyl/N-ethyl adjacent to an activating group) is 1. The van der Waals surface area contributed by atoms with Crippen molar-refractivity contribution in [2.75, 3.05) is 45.2 Å². The topological polar surface area (TPSA) is 53.1 Å². The highest BCUT2D eigenvalue weighted by atomic mass is 19.1. The first kappa shape index (κ1) is 20.3. The van der Waals surface area contributed by atoms with Crippen LogP contribution in [0.25, 0.3) is 0 Å². The molecule has 0 radical (unpaired) electrons. The molecule has 2 saturated heterocycles. The molecule has 1 spiro atoms. The zero-order valence-corrected chi connectivity index (χ0v) is 17.3. The molecule has 2 aliphatic heterocycles. The summed E-state index contributed by atoms with van der Waals surface area (Å²) in [5.41, 5.74) is 1.15. The highest BCUT2D eigenvalue weighted by Crippen LogP contribution is 2.34. The summed E-state index contributed by atoms with van der Waals surface area (Å²) in [4.78, 5) is 31.2. The highest BCUT2D eigenvalue weighted by molar-refractivity contribution is 5.96. The van der Waals surface area contributed by atoms with Crippen molar-refractivity contribution < 1.29 is 18.7 Å². The summed E-state index contributed by atoms with van der Waals surface area (Å²) >= 11 is 0. The van der Waals surface area contributed by atoms with Crippen molar-refractivity contribution in [1.29, 1.82) is 0 Å². The Labute approximate surface area is 175 Å². The number of likely N-dealkylation sites (tertiary alicyclic amines) is 1. The van der Waals surface area contributed by atoms with E-state index in [2.05, 4.69) is 0 Å². The SMILES string of the molecule is COc1cccc(CC(=O)N2CC[C@]3(C2)CN(c2cccc(F)c2)C(=O)CN3C)c1. The summed E-state index contributed by atoms with van der Waals surface area (Å²) in [7, 11) is 3.53. The minimum absolute atomic E-state index is 0.0581. The van der Waals surface area contributed by atoms with E-state index in [4.69, 9.17) is 4.74 Å². The van der Waals surface area contributed by atoms with E-state index in [1.54, 1.807) is 24.1 Å². The van der Waals surface area contributed by atoms with Crippen LogP contribution in [-0.4, -0.2) is 67.5 Å². The molecule has 1 atom stereocenters. The number of nitrogens with zero attached hydrogens (tertiary/aromatic N) is 3. The molecule has 0 saturated carbocycles. The van der Waals surface area contributed by atoms with E-state index >= 15 is 0 Å². The van der Waals surface area contributed by atoms with Gasteiger partial charge in [0.25, 0.3) is 0 Å². The van der Waals surface area contributed by atoms with E-state index < -0.39 is 0 Å². The molecule has 2 aromatic rings. The number of halogens is 1. The molecule has 0 unspecified atom stereocenters. The number of benzene rings is 2. The molecule has 0 aromatic heterocycles. The van der Waals surface area contributed by atoms with Gasteiger partial charge in [0.05, 0.1) is 25.6 Å².